The number of hydrogen-bond acceptors (Lipinski definition) is 25. The van der Waals surface area contributed by atoms with Gasteiger partial charge in [-0.25, -0.2) is 24.4 Å². The fraction of sp³-hybridized carbons (Fsp3) is 0.500. The number of phenolic OH excluding ortho intramolecular Hbond substituents is 1. The molecular formula is C74H96N12O24S. The second-order valence-corrected chi connectivity index (χ2v) is 29.1. The maximum Gasteiger partial charge on any atom is 0.410 e. The summed E-state index contributed by atoms with van der Waals surface area (Å²) in [4.78, 5) is 135. The highest BCUT2D eigenvalue weighted by atomic mass is 32.2. The maximum atomic E-state index is 14.4. The molecule has 6 aromatic rings. The molecule has 2 aromatic carbocycles. The number of anilines is 1. The Morgan fingerprint density at radius 1 is 0.820 bits per heavy atom. The molecular weight excluding hydrogens is 1470 g/mol. The van der Waals surface area contributed by atoms with E-state index in [2.05, 4.69) is 43.0 Å². The predicted molar refractivity (Wildman–Crippen MR) is 398 cm³/mol. The first-order chi connectivity index (χ1) is 52.7. The van der Waals surface area contributed by atoms with Crippen LogP contribution in [0.4, 0.5) is 15.3 Å². The number of ether oxygens (including phenoxy) is 7. The van der Waals surface area contributed by atoms with Crippen molar-refractivity contribution in [2.24, 2.45) is 5.92 Å². The van der Waals surface area contributed by atoms with Crippen LogP contribution in [0.5, 0.6) is 11.5 Å². The summed E-state index contributed by atoms with van der Waals surface area (Å²) in [7, 11) is 0.0732. The number of hydrogen-bond donors (Lipinski definition) is 11. The number of carbonyl (C=O) groups is 8. The van der Waals surface area contributed by atoms with Crippen LogP contribution in [0.3, 0.4) is 0 Å². The lowest BCUT2D eigenvalue weighted by Gasteiger charge is -2.40. The zero-order valence-corrected chi connectivity index (χ0v) is 63.9. The number of aromatic hydroxyl groups is 1. The van der Waals surface area contributed by atoms with Crippen LogP contribution < -0.4 is 36.9 Å². The van der Waals surface area contributed by atoms with E-state index < -0.39 is 131 Å². The Morgan fingerprint density at radius 3 is 2.22 bits per heavy atom. The van der Waals surface area contributed by atoms with Crippen LogP contribution in [-0.4, -0.2) is 248 Å². The van der Waals surface area contributed by atoms with E-state index in [-0.39, 0.29) is 125 Å². The molecule has 0 aliphatic carbocycles. The van der Waals surface area contributed by atoms with E-state index in [4.69, 9.17) is 38.1 Å². The summed E-state index contributed by atoms with van der Waals surface area (Å²) in [6.45, 7) is 15.1. The Balaban J connectivity index is 0.739. The molecule has 9 rings (SSSR count). The van der Waals surface area contributed by atoms with Gasteiger partial charge in [0.15, 0.2) is 11.7 Å². The van der Waals surface area contributed by atoms with E-state index in [1.54, 1.807) is 61.9 Å². The highest BCUT2D eigenvalue weighted by Crippen LogP contribution is 2.46. The summed E-state index contributed by atoms with van der Waals surface area (Å²) in [5, 5.41) is 66.3. The van der Waals surface area contributed by atoms with Gasteiger partial charge in [-0.15, -0.1) is 0 Å². The van der Waals surface area contributed by atoms with Crippen molar-refractivity contribution in [1.82, 2.24) is 55.1 Å². The van der Waals surface area contributed by atoms with Crippen LogP contribution in [0.2, 0.25) is 0 Å². The minimum atomic E-state index is -4.71. The molecule has 7 amide bonds. The van der Waals surface area contributed by atoms with E-state index in [9.17, 15) is 81.7 Å². The number of likely N-dealkylation sites (N-methyl/N-ethyl adjacent to an activating group) is 2. The molecule has 1 saturated heterocycles. The number of carboxylic acid groups (broad SMARTS) is 1. The van der Waals surface area contributed by atoms with Crippen molar-refractivity contribution < 1.29 is 110 Å². The van der Waals surface area contributed by atoms with Crippen LogP contribution >= 0.6 is 0 Å². The van der Waals surface area contributed by atoms with Crippen LogP contribution in [0.25, 0.3) is 33.3 Å². The normalized spacial score (nSPS) is 18.7. The second kappa shape index (κ2) is 37.1. The van der Waals surface area contributed by atoms with E-state index in [1.807, 2.05) is 37.6 Å². The van der Waals surface area contributed by atoms with Crippen molar-refractivity contribution in [3.05, 3.63) is 123 Å². The van der Waals surface area contributed by atoms with Crippen molar-refractivity contribution >= 4 is 85.4 Å². The third-order valence-electron chi connectivity index (χ3n) is 19.4. The number of fused-ring (bicyclic) bond motifs is 6. The maximum absolute atomic E-state index is 14.4. The molecule has 0 unspecified atom stereocenters. The number of phenols is 1. The average Bonchev–Trinajstić information content (AvgIpc) is 1.61. The number of amides is 7. The number of aliphatic hydroxyl groups excluding tert-OH is 3. The van der Waals surface area contributed by atoms with E-state index in [1.165, 1.54) is 44.1 Å². The molecule has 3 aliphatic rings. The van der Waals surface area contributed by atoms with Gasteiger partial charge >= 0.3 is 18.2 Å². The molecule has 3 aliphatic heterocycles. The molecule has 111 heavy (non-hydrogen) atoms. The van der Waals surface area contributed by atoms with Gasteiger partial charge in [0.1, 0.15) is 78.3 Å². The van der Waals surface area contributed by atoms with Crippen LogP contribution in [0, 0.1) is 5.92 Å². The monoisotopic (exact) mass is 1570 g/mol. The molecule has 9 atom stereocenters. The van der Waals surface area contributed by atoms with Crippen molar-refractivity contribution in [3.8, 4) is 22.9 Å². The van der Waals surface area contributed by atoms with E-state index in [0.29, 0.717) is 41.1 Å². The summed E-state index contributed by atoms with van der Waals surface area (Å²) in [6, 6.07) is 12.1. The summed E-state index contributed by atoms with van der Waals surface area (Å²) in [6.07, 6.45) is -10.1. The fourth-order valence-corrected chi connectivity index (χ4v) is 13.6. The molecule has 37 heteroatoms. The Morgan fingerprint density at radius 2 is 1.53 bits per heavy atom. The van der Waals surface area contributed by atoms with Gasteiger partial charge in [-0.1, -0.05) is 47.3 Å². The van der Waals surface area contributed by atoms with Gasteiger partial charge in [0.25, 0.3) is 15.7 Å². The van der Waals surface area contributed by atoms with Crippen molar-refractivity contribution in [2.75, 3.05) is 84.8 Å². The minimum Gasteiger partial charge on any atom is -0.508 e. The van der Waals surface area contributed by atoms with Crippen molar-refractivity contribution in [2.45, 2.75) is 155 Å². The Kier molecular flexibility index (Phi) is 28.3. The van der Waals surface area contributed by atoms with Crippen molar-refractivity contribution in [3.63, 3.8) is 0 Å². The lowest BCUT2D eigenvalue weighted by Crippen LogP contribution is -2.61. The number of aliphatic carboxylic acids is 1. The van der Waals surface area contributed by atoms with Crippen molar-refractivity contribution in [1.29, 1.82) is 0 Å². The number of aryl methyl sites for hydroxylation is 2. The smallest absolute Gasteiger partial charge is 0.410 e. The predicted octanol–water partition coefficient (Wildman–Crippen LogP) is 2.34. The third kappa shape index (κ3) is 20.4. The number of nitrogens with zero attached hydrogens (tertiary/aromatic N) is 7. The van der Waals surface area contributed by atoms with E-state index >= 15 is 0 Å². The number of aromatic nitrogens is 4. The zero-order valence-electron chi connectivity index (χ0n) is 63.1. The molecule has 0 radical (unpaired) electrons. The molecule has 0 spiro atoms. The lowest BCUT2D eigenvalue weighted by molar-refractivity contribution is -0.271. The molecule has 36 nitrogen and oxygen atoms in total. The minimum absolute atomic E-state index is 0.00643. The molecule has 0 saturated carbocycles. The number of carboxylic acids is 1. The zero-order chi connectivity index (χ0) is 80.9. The highest BCUT2D eigenvalue weighted by Gasteiger charge is 2.50. The number of aliphatic hydroxyl groups is 3. The summed E-state index contributed by atoms with van der Waals surface area (Å²) in [5.41, 5.74) is 3.72. The van der Waals surface area contributed by atoms with Crippen LogP contribution in [0.15, 0.2) is 84.0 Å². The first-order valence-corrected chi connectivity index (χ1v) is 37.8. The van der Waals surface area contributed by atoms with Crippen LogP contribution in [-0.2, 0) is 112 Å². The summed E-state index contributed by atoms with van der Waals surface area (Å²) < 4.78 is 77.0. The number of rotatable bonds is 36. The van der Waals surface area contributed by atoms with Gasteiger partial charge in [-0.3, -0.25) is 33.3 Å². The largest absolute Gasteiger partial charge is 0.508 e. The van der Waals surface area contributed by atoms with Gasteiger partial charge in [0, 0.05) is 93.5 Å². The standard InChI is InChI=1S/C74H96N12O24S/c1-11-47-48-33-46(87)17-19-52(48)79-60-49(47)36-86-55(60)34-51-50(69(86)96)38-106-42(7)74(51,12-2)110-73(100)84(10)26-25-83(9)72(99)107-37-43-16-18-53(56(31-43)108-71-63(92)61(90)62(91)64(109-71)70(97)98)80-66(93)41(6)77-68(95)59(40(4)5)81-58(89)21-27-104-29-30-105-28-23-76-67(94)54(39-111(101,102)103)78-57(88)20-24-85-45(35-82(8)13-3)32-44-15-14-22-75-65(44)85/h14-19,22,31-34,40-41,54,59,61-64,71,87,90-92H,7,11-13,20-21,23-30,35-39H2,1-6,8-10H3,(H,76,94)(H,77,95)(H,78,88)(H,80,93)(H,81,89)(H,97,98)(H,101,102,103)/t41-,54-,59-,61-,62-,63+,64-,71+,74+/m0/s1. The molecule has 4 aromatic heterocycles. The Labute approximate surface area is 639 Å². The third-order valence-corrected chi connectivity index (χ3v) is 20.1. The molecule has 1 fully saturated rings. The Bertz CT molecular complexity index is 4650. The van der Waals surface area contributed by atoms with Gasteiger partial charge in [0.05, 0.1) is 61.1 Å². The summed E-state index contributed by atoms with van der Waals surface area (Å²) in [5.74, 6) is -7.22. The van der Waals surface area contributed by atoms with Crippen LogP contribution in [0.1, 0.15) is 94.3 Å². The average molecular weight is 1570 g/mol. The first kappa shape index (κ1) is 84.6. The van der Waals surface area contributed by atoms with E-state index in [0.717, 1.165) is 39.0 Å². The SMILES string of the molecule is C=C1OCc2c(cc3n(c2=O)Cc2c-3nc3ccc(O)cc3c2CC)[C@]1(CC)OC(=O)N(C)CCN(C)C(=O)OCc1ccc(NC(=O)[C@H](C)NC(=O)[C@@H](NC(=O)CCOCCOCCNC(=O)[C@H](CS(=O)(=O)O)NC(=O)CCn2c(CN(C)CC)cc3cccnc32)C(C)C)c(O[C@@H]2O[C@H](C(=O)O)[C@@H](O)[C@H](O)[C@H]2O)c1. The molecule has 7 heterocycles. The first-order valence-electron chi connectivity index (χ1n) is 36.2. The number of pyridine rings is 3. The molecule has 602 valence electrons. The number of benzene rings is 2. The van der Waals surface area contributed by atoms with Gasteiger partial charge in [0.2, 0.25) is 35.8 Å². The topological polar surface area (TPSA) is 479 Å². The lowest BCUT2D eigenvalue weighted by atomic mass is 9.84. The fourth-order valence-electron chi connectivity index (χ4n) is 13.0. The number of nitrogens with one attached hydrogen (secondary N) is 5. The second-order valence-electron chi connectivity index (χ2n) is 27.6. The highest BCUT2D eigenvalue weighted by molar-refractivity contribution is 7.85. The molecule has 0 bridgehead atoms. The molecule has 11 N–H and O–H groups in total. The number of carbonyl (C=O) groups excluding carboxylic acids is 7. The quantitative estimate of drug-likeness (QED) is 0.0198. The van der Waals surface area contributed by atoms with Gasteiger partial charge < -0.3 is 109 Å². The Hall–Kier alpha value is -10.4. The van der Waals surface area contributed by atoms with Gasteiger partial charge in [-0.2, -0.15) is 8.42 Å². The van der Waals surface area contributed by atoms with Gasteiger partial charge in [-0.05, 0) is 105 Å². The summed E-state index contributed by atoms with van der Waals surface area (Å²) >= 11 is 0.